The van der Waals surface area contributed by atoms with Crippen molar-refractivity contribution in [3.8, 4) is 0 Å². The van der Waals surface area contributed by atoms with Gasteiger partial charge in [-0.2, -0.15) is 0 Å². The zero-order valence-corrected chi connectivity index (χ0v) is 12.7. The average molecular weight is 261 g/mol. The van der Waals surface area contributed by atoms with Crippen LogP contribution in [-0.2, 0) is 0 Å². The maximum Gasteiger partial charge on any atom is 0.134 e. The number of hydrogen-bond acceptors (Lipinski definition) is 3. The van der Waals surface area contributed by atoms with E-state index in [1.165, 1.54) is 31.4 Å². The Labute approximate surface area is 117 Å². The van der Waals surface area contributed by atoms with Crippen LogP contribution in [0.4, 0.5) is 5.82 Å². The van der Waals surface area contributed by atoms with E-state index in [0.717, 1.165) is 24.1 Å². The zero-order chi connectivity index (χ0) is 13.8. The molecule has 0 spiro atoms. The summed E-state index contributed by atoms with van der Waals surface area (Å²) in [4.78, 5) is 9.56. The molecule has 2 rings (SSSR count). The molecule has 0 aliphatic heterocycles. The highest BCUT2D eigenvalue weighted by atomic mass is 15.0. The van der Waals surface area contributed by atoms with E-state index in [1.807, 2.05) is 0 Å². The van der Waals surface area contributed by atoms with Crippen LogP contribution < -0.4 is 5.32 Å². The lowest BCUT2D eigenvalue weighted by Crippen LogP contribution is -2.16. The number of anilines is 1. The topological polar surface area (TPSA) is 37.8 Å². The van der Waals surface area contributed by atoms with Gasteiger partial charge in [0.05, 0.1) is 0 Å². The summed E-state index contributed by atoms with van der Waals surface area (Å²) >= 11 is 0. The molecule has 3 heteroatoms. The van der Waals surface area contributed by atoms with Gasteiger partial charge in [0, 0.05) is 24.2 Å². The first-order valence-electron chi connectivity index (χ1n) is 7.72. The molecule has 0 amide bonds. The molecule has 0 bridgehead atoms. The smallest absolute Gasteiger partial charge is 0.134 e. The monoisotopic (exact) mass is 261 g/mol. The van der Waals surface area contributed by atoms with Crippen molar-refractivity contribution in [1.82, 2.24) is 9.97 Å². The van der Waals surface area contributed by atoms with Crippen LogP contribution in [0.25, 0.3) is 0 Å². The van der Waals surface area contributed by atoms with Gasteiger partial charge in [0.1, 0.15) is 11.6 Å². The molecule has 19 heavy (non-hydrogen) atoms. The molecule has 0 radical (unpaired) electrons. The van der Waals surface area contributed by atoms with Crippen molar-refractivity contribution in [3.05, 3.63) is 17.6 Å². The first-order valence-corrected chi connectivity index (χ1v) is 7.72. The van der Waals surface area contributed by atoms with Gasteiger partial charge < -0.3 is 5.32 Å². The largest absolute Gasteiger partial charge is 0.370 e. The summed E-state index contributed by atoms with van der Waals surface area (Å²) in [7, 11) is 0. The first-order chi connectivity index (χ1) is 9.10. The lowest BCUT2D eigenvalue weighted by molar-refractivity contribution is 0.334. The first kappa shape index (κ1) is 14.3. The van der Waals surface area contributed by atoms with Crippen LogP contribution >= 0.6 is 0 Å². The Kier molecular flexibility index (Phi) is 4.78. The summed E-state index contributed by atoms with van der Waals surface area (Å²) < 4.78 is 0. The molecule has 1 fully saturated rings. The standard InChI is InChI=1S/C16H27N3/c1-5-17-15-10-14(11(2)3)18-16(19-15)13-8-6-7-12(4)9-13/h10-13H,5-9H2,1-4H3,(H,17,18,19). The summed E-state index contributed by atoms with van der Waals surface area (Å²) in [6.07, 6.45) is 5.17. The molecule has 1 aliphatic carbocycles. The molecule has 1 heterocycles. The molecule has 1 saturated carbocycles. The molecule has 0 aromatic carbocycles. The predicted octanol–water partition coefficient (Wildman–Crippen LogP) is 4.33. The maximum absolute atomic E-state index is 4.82. The summed E-state index contributed by atoms with van der Waals surface area (Å²) in [5, 5.41) is 3.34. The van der Waals surface area contributed by atoms with Crippen LogP contribution in [0.3, 0.4) is 0 Å². The van der Waals surface area contributed by atoms with E-state index in [0.29, 0.717) is 11.8 Å². The average Bonchev–Trinajstić information content (AvgIpc) is 2.38. The van der Waals surface area contributed by atoms with Gasteiger partial charge in [-0.25, -0.2) is 9.97 Å². The number of nitrogens with zero attached hydrogens (tertiary/aromatic N) is 2. The van der Waals surface area contributed by atoms with E-state index < -0.39 is 0 Å². The Morgan fingerprint density at radius 1 is 1.32 bits per heavy atom. The number of nitrogens with one attached hydrogen (secondary N) is 1. The fourth-order valence-corrected chi connectivity index (χ4v) is 2.90. The summed E-state index contributed by atoms with van der Waals surface area (Å²) in [5.41, 5.74) is 1.17. The Morgan fingerprint density at radius 3 is 2.74 bits per heavy atom. The van der Waals surface area contributed by atoms with Crippen molar-refractivity contribution in [2.45, 2.75) is 65.2 Å². The molecule has 2 unspecified atom stereocenters. The lowest BCUT2D eigenvalue weighted by Gasteiger charge is -2.26. The quantitative estimate of drug-likeness (QED) is 0.876. The molecule has 3 nitrogen and oxygen atoms in total. The molecule has 0 saturated heterocycles. The van der Waals surface area contributed by atoms with Crippen molar-refractivity contribution in [3.63, 3.8) is 0 Å². The Balaban J connectivity index is 2.27. The minimum absolute atomic E-state index is 0.458. The van der Waals surface area contributed by atoms with Gasteiger partial charge in [-0.1, -0.05) is 33.6 Å². The van der Waals surface area contributed by atoms with Gasteiger partial charge in [0.15, 0.2) is 0 Å². The molecular weight excluding hydrogens is 234 g/mol. The van der Waals surface area contributed by atoms with Crippen molar-refractivity contribution in [2.24, 2.45) is 5.92 Å². The third kappa shape index (κ3) is 3.68. The van der Waals surface area contributed by atoms with Gasteiger partial charge >= 0.3 is 0 Å². The van der Waals surface area contributed by atoms with E-state index in [2.05, 4.69) is 39.1 Å². The highest BCUT2D eigenvalue weighted by Gasteiger charge is 2.23. The van der Waals surface area contributed by atoms with E-state index >= 15 is 0 Å². The molecule has 106 valence electrons. The van der Waals surface area contributed by atoms with Gasteiger partial charge in [0.2, 0.25) is 0 Å². The van der Waals surface area contributed by atoms with Crippen LogP contribution in [-0.4, -0.2) is 16.5 Å². The molecular formula is C16H27N3. The highest BCUT2D eigenvalue weighted by molar-refractivity contribution is 5.37. The number of rotatable bonds is 4. The number of hydrogen-bond donors (Lipinski definition) is 1. The minimum Gasteiger partial charge on any atom is -0.370 e. The SMILES string of the molecule is CCNc1cc(C(C)C)nc(C2CCCC(C)C2)n1. The molecule has 1 aliphatic rings. The molecule has 1 N–H and O–H groups in total. The van der Waals surface area contributed by atoms with Crippen LogP contribution in [0.2, 0.25) is 0 Å². The molecule has 1 aromatic heterocycles. The maximum atomic E-state index is 4.82. The molecule has 1 aromatic rings. The van der Waals surface area contributed by atoms with E-state index in [-0.39, 0.29) is 0 Å². The van der Waals surface area contributed by atoms with Crippen molar-refractivity contribution in [1.29, 1.82) is 0 Å². The van der Waals surface area contributed by atoms with Gasteiger partial charge in [-0.15, -0.1) is 0 Å². The van der Waals surface area contributed by atoms with Gasteiger partial charge in [-0.3, -0.25) is 0 Å². The van der Waals surface area contributed by atoms with Crippen molar-refractivity contribution in [2.75, 3.05) is 11.9 Å². The molecule has 2 atom stereocenters. The Hall–Kier alpha value is -1.12. The normalized spacial score (nSPS) is 23.6. The second-order valence-electron chi connectivity index (χ2n) is 6.19. The predicted molar refractivity (Wildman–Crippen MR) is 80.7 cm³/mol. The Bertz CT molecular complexity index is 414. The van der Waals surface area contributed by atoms with Crippen LogP contribution in [0.15, 0.2) is 6.07 Å². The van der Waals surface area contributed by atoms with Gasteiger partial charge in [-0.05, 0) is 31.6 Å². The highest BCUT2D eigenvalue weighted by Crippen LogP contribution is 2.35. The zero-order valence-electron chi connectivity index (χ0n) is 12.7. The van der Waals surface area contributed by atoms with Crippen LogP contribution in [0.1, 0.15) is 76.7 Å². The van der Waals surface area contributed by atoms with E-state index in [4.69, 9.17) is 9.97 Å². The fourth-order valence-electron chi connectivity index (χ4n) is 2.90. The van der Waals surface area contributed by atoms with E-state index in [9.17, 15) is 0 Å². The van der Waals surface area contributed by atoms with Crippen LogP contribution in [0.5, 0.6) is 0 Å². The van der Waals surface area contributed by atoms with Crippen LogP contribution in [0, 0.1) is 5.92 Å². The van der Waals surface area contributed by atoms with Crippen molar-refractivity contribution >= 4 is 5.82 Å². The Morgan fingerprint density at radius 2 is 2.11 bits per heavy atom. The third-order valence-electron chi connectivity index (χ3n) is 4.01. The number of aromatic nitrogens is 2. The van der Waals surface area contributed by atoms with Crippen molar-refractivity contribution < 1.29 is 0 Å². The van der Waals surface area contributed by atoms with Gasteiger partial charge in [0.25, 0.3) is 0 Å². The lowest BCUT2D eigenvalue weighted by atomic mass is 9.82. The van der Waals surface area contributed by atoms with E-state index in [1.54, 1.807) is 0 Å². The fraction of sp³-hybridized carbons (Fsp3) is 0.750. The third-order valence-corrected chi connectivity index (χ3v) is 4.01. The summed E-state index contributed by atoms with van der Waals surface area (Å²) in [6, 6.07) is 2.10. The second kappa shape index (κ2) is 6.36. The second-order valence-corrected chi connectivity index (χ2v) is 6.19. The minimum atomic E-state index is 0.458. The summed E-state index contributed by atoms with van der Waals surface area (Å²) in [6.45, 7) is 9.77. The summed E-state index contributed by atoms with van der Waals surface area (Å²) in [5.74, 6) is 3.88.